The Hall–Kier alpha value is -1.30. The van der Waals surface area contributed by atoms with Crippen molar-refractivity contribution in [3.63, 3.8) is 0 Å². The van der Waals surface area contributed by atoms with Gasteiger partial charge in [0.2, 0.25) is 0 Å². The minimum Gasteiger partial charge on any atom is -0.452 e. The van der Waals surface area contributed by atoms with Crippen molar-refractivity contribution in [3.05, 3.63) is 0 Å². The fourth-order valence-corrected chi connectivity index (χ4v) is 1.89. The Bertz CT molecular complexity index is 222. The quantitative estimate of drug-likeness (QED) is 0.514. The topological polar surface area (TPSA) is 78.9 Å². The minimum absolute atomic E-state index is 0.168. The van der Waals surface area contributed by atoms with Crippen molar-refractivity contribution in [3.8, 4) is 0 Å². The molecule has 1 saturated carbocycles. The van der Waals surface area contributed by atoms with E-state index in [2.05, 4.69) is 4.74 Å². The lowest BCUT2D eigenvalue weighted by atomic mass is 9.94. The summed E-state index contributed by atoms with van der Waals surface area (Å²) in [5, 5.41) is 8.53. The molecular formula is C9H16N2O4. The van der Waals surface area contributed by atoms with Gasteiger partial charge in [0.15, 0.2) is 0 Å². The summed E-state index contributed by atoms with van der Waals surface area (Å²) in [5.41, 5.74) is 1.46. The number of rotatable bonds is 1. The molecule has 0 unspecified atom stereocenters. The van der Waals surface area contributed by atoms with Gasteiger partial charge >= 0.3 is 12.1 Å². The second-order valence-electron chi connectivity index (χ2n) is 3.55. The highest BCUT2D eigenvalue weighted by atomic mass is 16.5. The molecule has 0 aliphatic heterocycles. The molecule has 15 heavy (non-hydrogen) atoms. The molecule has 1 aliphatic carbocycles. The van der Waals surface area contributed by atoms with Crippen LogP contribution < -0.4 is 5.48 Å². The van der Waals surface area contributed by atoms with Crippen LogP contribution in [0.3, 0.4) is 0 Å². The van der Waals surface area contributed by atoms with Gasteiger partial charge in [-0.15, -0.1) is 0 Å². The number of urea groups is 1. The smallest absolute Gasteiger partial charge is 0.418 e. The zero-order valence-electron chi connectivity index (χ0n) is 8.73. The molecule has 0 aromatic carbocycles. The molecule has 0 saturated heterocycles. The van der Waals surface area contributed by atoms with Crippen molar-refractivity contribution in [2.24, 2.45) is 0 Å². The third-order valence-corrected chi connectivity index (χ3v) is 2.63. The van der Waals surface area contributed by atoms with E-state index in [4.69, 9.17) is 5.21 Å². The molecule has 0 radical (unpaired) electrons. The summed E-state index contributed by atoms with van der Waals surface area (Å²) in [6.45, 7) is 0. The monoisotopic (exact) mass is 216 g/mol. The molecule has 0 aromatic heterocycles. The lowest BCUT2D eigenvalue weighted by Gasteiger charge is -2.30. The molecule has 6 nitrogen and oxygen atoms in total. The van der Waals surface area contributed by atoms with Crippen molar-refractivity contribution in [2.45, 2.75) is 38.1 Å². The third kappa shape index (κ3) is 2.82. The molecule has 1 fully saturated rings. The van der Waals surface area contributed by atoms with Gasteiger partial charge in [-0.1, -0.05) is 19.3 Å². The van der Waals surface area contributed by atoms with Gasteiger partial charge < -0.3 is 4.74 Å². The second-order valence-corrected chi connectivity index (χ2v) is 3.55. The van der Waals surface area contributed by atoms with Gasteiger partial charge in [-0.05, 0) is 12.8 Å². The van der Waals surface area contributed by atoms with Crippen molar-refractivity contribution >= 4 is 12.1 Å². The number of methoxy groups -OCH3 is 1. The normalized spacial score (nSPS) is 16.9. The van der Waals surface area contributed by atoms with E-state index in [0.717, 1.165) is 37.0 Å². The van der Waals surface area contributed by atoms with E-state index in [1.54, 1.807) is 0 Å². The maximum absolute atomic E-state index is 11.3. The Kier molecular flexibility index (Phi) is 4.36. The highest BCUT2D eigenvalue weighted by Gasteiger charge is 2.31. The number of nitrogens with one attached hydrogen (secondary N) is 1. The van der Waals surface area contributed by atoms with E-state index in [1.165, 1.54) is 12.6 Å². The molecule has 86 valence electrons. The van der Waals surface area contributed by atoms with Crippen LogP contribution in [-0.2, 0) is 4.74 Å². The molecule has 0 heterocycles. The van der Waals surface area contributed by atoms with E-state index >= 15 is 0 Å². The lowest BCUT2D eigenvalue weighted by molar-refractivity contribution is 0.0840. The van der Waals surface area contributed by atoms with E-state index in [-0.39, 0.29) is 6.04 Å². The van der Waals surface area contributed by atoms with Crippen molar-refractivity contribution in [1.29, 1.82) is 0 Å². The summed E-state index contributed by atoms with van der Waals surface area (Å²) in [6.07, 6.45) is 3.89. The Morgan fingerprint density at radius 2 is 1.93 bits per heavy atom. The number of ether oxygens (including phenoxy) is 1. The van der Waals surface area contributed by atoms with Crippen LogP contribution in [0, 0.1) is 0 Å². The van der Waals surface area contributed by atoms with Gasteiger partial charge in [-0.25, -0.2) is 20.0 Å². The summed E-state index contributed by atoms with van der Waals surface area (Å²) in [7, 11) is 1.21. The van der Waals surface area contributed by atoms with Crippen LogP contribution in [0.15, 0.2) is 0 Å². The van der Waals surface area contributed by atoms with Gasteiger partial charge in [0.05, 0.1) is 7.11 Å². The predicted octanol–water partition coefficient (Wildman–Crippen LogP) is 1.49. The van der Waals surface area contributed by atoms with Crippen LogP contribution in [-0.4, -0.2) is 35.4 Å². The molecule has 0 aromatic rings. The van der Waals surface area contributed by atoms with Crippen LogP contribution in [0.5, 0.6) is 0 Å². The summed E-state index contributed by atoms with van der Waals surface area (Å²) in [4.78, 5) is 23.6. The molecule has 2 N–H and O–H groups in total. The molecular weight excluding hydrogens is 200 g/mol. The van der Waals surface area contributed by atoms with Crippen LogP contribution >= 0.6 is 0 Å². The summed E-state index contributed by atoms with van der Waals surface area (Å²) in [5.74, 6) is 0. The third-order valence-electron chi connectivity index (χ3n) is 2.63. The average Bonchev–Trinajstić information content (AvgIpc) is 2.30. The first-order chi connectivity index (χ1) is 7.20. The maximum Gasteiger partial charge on any atom is 0.418 e. The highest BCUT2D eigenvalue weighted by molar-refractivity contribution is 5.90. The Labute approximate surface area is 88.1 Å². The minimum atomic E-state index is -0.825. The number of carbonyl (C=O) groups excluding carboxylic acids is 2. The molecule has 0 bridgehead atoms. The van der Waals surface area contributed by atoms with Crippen molar-refractivity contribution in [2.75, 3.05) is 7.11 Å². The van der Waals surface area contributed by atoms with Crippen LogP contribution in [0.1, 0.15) is 32.1 Å². The number of amides is 3. The van der Waals surface area contributed by atoms with Gasteiger partial charge in [-0.2, -0.15) is 0 Å². The summed E-state index contributed by atoms with van der Waals surface area (Å²) in [6, 6.07) is -0.993. The van der Waals surface area contributed by atoms with E-state index in [9.17, 15) is 9.59 Å². The molecule has 6 heteroatoms. The number of hydrogen-bond acceptors (Lipinski definition) is 4. The summed E-state index contributed by atoms with van der Waals surface area (Å²) < 4.78 is 4.50. The fourth-order valence-electron chi connectivity index (χ4n) is 1.89. The molecule has 0 atom stereocenters. The van der Waals surface area contributed by atoms with Crippen molar-refractivity contribution in [1.82, 2.24) is 10.4 Å². The van der Waals surface area contributed by atoms with E-state index < -0.39 is 12.1 Å². The Balaban J connectivity index is 2.69. The van der Waals surface area contributed by atoms with Gasteiger partial charge in [0.25, 0.3) is 0 Å². The predicted molar refractivity (Wildman–Crippen MR) is 51.4 cm³/mol. The number of carbonyl (C=O) groups is 2. The number of hydrogen-bond donors (Lipinski definition) is 2. The Morgan fingerprint density at radius 3 is 2.40 bits per heavy atom. The van der Waals surface area contributed by atoms with Crippen LogP contribution in [0.25, 0.3) is 0 Å². The number of hydroxylamine groups is 1. The molecule has 1 aliphatic rings. The molecule has 0 spiro atoms. The first-order valence-electron chi connectivity index (χ1n) is 5.02. The lowest BCUT2D eigenvalue weighted by Crippen LogP contribution is -2.49. The van der Waals surface area contributed by atoms with Crippen LogP contribution in [0.4, 0.5) is 9.59 Å². The zero-order valence-corrected chi connectivity index (χ0v) is 8.73. The van der Waals surface area contributed by atoms with Crippen LogP contribution in [0.2, 0.25) is 0 Å². The van der Waals surface area contributed by atoms with Gasteiger partial charge in [-0.3, -0.25) is 5.21 Å². The van der Waals surface area contributed by atoms with E-state index in [0.29, 0.717) is 0 Å². The largest absolute Gasteiger partial charge is 0.452 e. The average molecular weight is 216 g/mol. The standard InChI is InChI=1S/C9H16N2O4/c1-15-9(13)11(8(12)10-14)7-5-3-2-4-6-7/h7,14H,2-6H2,1H3,(H,10,12). The number of nitrogens with zero attached hydrogens (tertiary/aromatic N) is 1. The van der Waals surface area contributed by atoms with E-state index in [1.807, 2.05) is 0 Å². The maximum atomic E-state index is 11.3. The zero-order chi connectivity index (χ0) is 11.3. The number of imide groups is 1. The second kappa shape index (κ2) is 5.55. The SMILES string of the molecule is COC(=O)N(C(=O)NO)C1CCCCC1. The Morgan fingerprint density at radius 1 is 1.33 bits per heavy atom. The van der Waals surface area contributed by atoms with Gasteiger partial charge in [0, 0.05) is 6.04 Å². The first-order valence-corrected chi connectivity index (χ1v) is 5.02. The highest BCUT2D eigenvalue weighted by Crippen LogP contribution is 2.23. The van der Waals surface area contributed by atoms with Gasteiger partial charge in [0.1, 0.15) is 0 Å². The first kappa shape index (κ1) is 11.8. The summed E-state index contributed by atoms with van der Waals surface area (Å²) >= 11 is 0. The molecule has 1 rings (SSSR count). The van der Waals surface area contributed by atoms with Crippen molar-refractivity contribution < 1.29 is 19.5 Å². The fraction of sp³-hybridized carbons (Fsp3) is 0.778. The molecule has 3 amide bonds.